The maximum atomic E-state index is 12.7. The summed E-state index contributed by atoms with van der Waals surface area (Å²) in [6.45, 7) is 12.7. The van der Waals surface area contributed by atoms with Crippen LogP contribution in [-0.4, -0.2) is 54.9 Å². The third kappa shape index (κ3) is 6.10. The molecule has 0 spiro atoms. The van der Waals surface area contributed by atoms with Crippen LogP contribution in [0.5, 0.6) is 0 Å². The number of β-lactam (4-membered cyclic amide) rings is 1. The standard InChI is InChI=1S/C18H18ClNO4S.C6H15N/c1-2-11-20-17(12-7-9-13(19)10-8-12)16(18(20)21)14-5-3-4-6-15(14)25(22,23)24;1-4-7(5-2)6-3/h3-10,16-17H,2,11H2,1H3,(H,22,23,24);4-6H2,1-3H3/t16-,17-;/m1./s1. The second kappa shape index (κ2) is 11.8. The number of carbonyl (C=O) groups excluding carboxylic acids is 1. The van der Waals surface area contributed by atoms with Crippen LogP contribution in [0.3, 0.4) is 0 Å². The van der Waals surface area contributed by atoms with Gasteiger partial charge in [-0.1, -0.05) is 69.6 Å². The van der Waals surface area contributed by atoms with Gasteiger partial charge in [0.1, 0.15) is 0 Å². The zero-order valence-electron chi connectivity index (χ0n) is 19.2. The van der Waals surface area contributed by atoms with Crippen LogP contribution in [0.2, 0.25) is 5.02 Å². The Bertz CT molecular complexity index is 986. The molecule has 2 atom stereocenters. The number of nitrogens with zero attached hydrogens (tertiary/aromatic N) is 2. The van der Waals surface area contributed by atoms with E-state index < -0.39 is 16.0 Å². The van der Waals surface area contributed by atoms with Crippen LogP contribution >= 0.6 is 11.6 Å². The molecule has 1 saturated heterocycles. The number of benzene rings is 2. The zero-order valence-corrected chi connectivity index (χ0v) is 20.7. The molecular weight excluding hydrogens is 448 g/mol. The van der Waals surface area contributed by atoms with Gasteiger partial charge in [-0.2, -0.15) is 8.42 Å². The molecule has 1 heterocycles. The Morgan fingerprint density at radius 1 is 0.969 bits per heavy atom. The maximum absolute atomic E-state index is 12.7. The van der Waals surface area contributed by atoms with E-state index >= 15 is 0 Å². The van der Waals surface area contributed by atoms with E-state index in [1.54, 1.807) is 29.2 Å². The van der Waals surface area contributed by atoms with Gasteiger partial charge < -0.3 is 9.80 Å². The SMILES string of the molecule is CCCN1C(=O)[C@H](c2ccccc2S(=O)(=O)O)[C@H]1c1ccc(Cl)cc1.CCN(CC)CC. The third-order valence-electron chi connectivity index (χ3n) is 5.75. The lowest BCUT2D eigenvalue weighted by Gasteiger charge is -2.48. The minimum atomic E-state index is -4.41. The van der Waals surface area contributed by atoms with Crippen molar-refractivity contribution < 1.29 is 17.8 Å². The van der Waals surface area contributed by atoms with Gasteiger partial charge in [0.25, 0.3) is 10.1 Å². The lowest BCUT2D eigenvalue weighted by Crippen LogP contribution is -2.53. The van der Waals surface area contributed by atoms with E-state index in [0.29, 0.717) is 17.1 Å². The summed E-state index contributed by atoms with van der Waals surface area (Å²) in [4.78, 5) is 16.6. The Kier molecular flexibility index (Phi) is 9.70. The van der Waals surface area contributed by atoms with E-state index in [-0.39, 0.29) is 16.8 Å². The van der Waals surface area contributed by atoms with Gasteiger partial charge in [-0.25, -0.2) is 0 Å². The van der Waals surface area contributed by atoms with Gasteiger partial charge in [0.2, 0.25) is 5.91 Å². The van der Waals surface area contributed by atoms with Crippen molar-refractivity contribution in [3.63, 3.8) is 0 Å². The fraction of sp³-hybridized carbons (Fsp3) is 0.458. The maximum Gasteiger partial charge on any atom is 0.294 e. The van der Waals surface area contributed by atoms with Gasteiger partial charge in [-0.3, -0.25) is 9.35 Å². The first-order valence-electron chi connectivity index (χ1n) is 11.0. The molecule has 1 aliphatic heterocycles. The van der Waals surface area contributed by atoms with Crippen molar-refractivity contribution in [1.29, 1.82) is 0 Å². The Balaban J connectivity index is 0.000000451. The average Bonchev–Trinajstić information content (AvgIpc) is 2.77. The van der Waals surface area contributed by atoms with Gasteiger partial charge >= 0.3 is 0 Å². The van der Waals surface area contributed by atoms with Crippen LogP contribution in [0.4, 0.5) is 0 Å². The van der Waals surface area contributed by atoms with Crippen molar-refractivity contribution in [2.75, 3.05) is 26.2 Å². The molecule has 1 amide bonds. The van der Waals surface area contributed by atoms with Gasteiger partial charge in [-0.15, -0.1) is 0 Å². The van der Waals surface area contributed by atoms with Crippen LogP contribution in [0.15, 0.2) is 53.4 Å². The Morgan fingerprint density at radius 3 is 2.00 bits per heavy atom. The lowest BCUT2D eigenvalue weighted by molar-refractivity contribution is -0.150. The molecule has 0 aromatic heterocycles. The summed E-state index contributed by atoms with van der Waals surface area (Å²) in [5.41, 5.74) is 1.20. The molecular formula is C24H33ClN2O4S. The first kappa shape index (κ1) is 26.3. The van der Waals surface area contributed by atoms with E-state index in [4.69, 9.17) is 11.6 Å². The molecule has 2 aromatic rings. The number of halogens is 1. The molecule has 1 fully saturated rings. The highest BCUT2D eigenvalue weighted by Crippen LogP contribution is 2.48. The van der Waals surface area contributed by atoms with Crippen LogP contribution in [-0.2, 0) is 14.9 Å². The van der Waals surface area contributed by atoms with Crippen LogP contribution < -0.4 is 0 Å². The minimum Gasteiger partial charge on any atom is -0.334 e. The number of rotatable bonds is 8. The third-order valence-corrected chi connectivity index (χ3v) is 6.93. The van der Waals surface area contributed by atoms with E-state index in [0.717, 1.165) is 12.0 Å². The second-order valence-corrected chi connectivity index (χ2v) is 9.46. The monoisotopic (exact) mass is 480 g/mol. The molecule has 32 heavy (non-hydrogen) atoms. The first-order valence-corrected chi connectivity index (χ1v) is 12.9. The van der Waals surface area contributed by atoms with Gasteiger partial charge in [0.05, 0.1) is 16.9 Å². The fourth-order valence-corrected chi connectivity index (χ4v) is 4.89. The molecule has 1 aliphatic rings. The molecule has 2 aromatic carbocycles. The second-order valence-electron chi connectivity index (χ2n) is 7.64. The van der Waals surface area contributed by atoms with Crippen molar-refractivity contribution in [1.82, 2.24) is 9.80 Å². The minimum absolute atomic E-state index is 0.141. The van der Waals surface area contributed by atoms with Crippen LogP contribution in [0, 0.1) is 0 Å². The molecule has 176 valence electrons. The van der Waals surface area contributed by atoms with Gasteiger partial charge in [-0.05, 0) is 55.4 Å². The average molecular weight is 481 g/mol. The molecule has 0 saturated carbocycles. The molecule has 0 aliphatic carbocycles. The summed E-state index contributed by atoms with van der Waals surface area (Å²) >= 11 is 5.95. The van der Waals surface area contributed by atoms with Crippen molar-refractivity contribution >= 4 is 27.6 Å². The molecule has 0 bridgehead atoms. The smallest absolute Gasteiger partial charge is 0.294 e. The number of likely N-dealkylation sites (tertiary alicyclic amines) is 1. The summed E-state index contributed by atoms with van der Waals surface area (Å²) in [5, 5.41) is 0.589. The highest BCUT2D eigenvalue weighted by atomic mass is 35.5. The normalized spacial score (nSPS) is 18.2. The Morgan fingerprint density at radius 2 is 1.53 bits per heavy atom. The van der Waals surface area contributed by atoms with E-state index in [2.05, 4.69) is 25.7 Å². The Labute approximate surface area is 196 Å². The van der Waals surface area contributed by atoms with Gasteiger partial charge in [0.15, 0.2) is 0 Å². The highest BCUT2D eigenvalue weighted by molar-refractivity contribution is 7.85. The van der Waals surface area contributed by atoms with E-state index in [1.165, 1.54) is 31.8 Å². The van der Waals surface area contributed by atoms with Crippen molar-refractivity contribution in [2.45, 2.75) is 51.0 Å². The van der Waals surface area contributed by atoms with Gasteiger partial charge in [0, 0.05) is 11.6 Å². The van der Waals surface area contributed by atoms with Crippen LogP contribution in [0.25, 0.3) is 0 Å². The summed E-state index contributed by atoms with van der Waals surface area (Å²) < 4.78 is 32.9. The summed E-state index contributed by atoms with van der Waals surface area (Å²) in [7, 11) is -4.41. The number of carbonyl (C=O) groups is 1. The Hall–Kier alpha value is -1.93. The predicted octanol–water partition coefficient (Wildman–Crippen LogP) is 5.01. The summed E-state index contributed by atoms with van der Waals surface area (Å²) in [5.74, 6) is -0.788. The topological polar surface area (TPSA) is 77.9 Å². The molecule has 0 unspecified atom stereocenters. The first-order chi connectivity index (χ1) is 15.2. The van der Waals surface area contributed by atoms with Crippen LogP contribution in [0.1, 0.15) is 57.2 Å². The predicted molar refractivity (Wildman–Crippen MR) is 129 cm³/mol. The van der Waals surface area contributed by atoms with E-state index in [9.17, 15) is 17.8 Å². The largest absolute Gasteiger partial charge is 0.334 e. The lowest BCUT2D eigenvalue weighted by atomic mass is 9.77. The molecule has 3 rings (SSSR count). The number of amides is 1. The number of hydrogen-bond donors (Lipinski definition) is 1. The quantitative estimate of drug-likeness (QED) is 0.424. The fourth-order valence-electron chi connectivity index (χ4n) is 4.02. The molecule has 6 nitrogen and oxygen atoms in total. The van der Waals surface area contributed by atoms with E-state index in [1.807, 2.05) is 19.1 Å². The zero-order chi connectivity index (χ0) is 23.9. The van der Waals surface area contributed by atoms with Crippen molar-refractivity contribution in [3.8, 4) is 0 Å². The molecule has 1 N–H and O–H groups in total. The van der Waals surface area contributed by atoms with Crippen molar-refractivity contribution in [3.05, 3.63) is 64.7 Å². The number of hydrogen-bond acceptors (Lipinski definition) is 4. The summed E-state index contributed by atoms with van der Waals surface area (Å²) in [6, 6.07) is 13.0. The molecule has 0 radical (unpaired) electrons. The molecule has 8 heteroatoms. The van der Waals surface area contributed by atoms with Crippen molar-refractivity contribution in [2.24, 2.45) is 0 Å². The highest BCUT2D eigenvalue weighted by Gasteiger charge is 2.49. The summed E-state index contributed by atoms with van der Waals surface area (Å²) in [6.07, 6.45) is 0.794.